The van der Waals surface area contributed by atoms with Gasteiger partial charge in [0.05, 0.1) is 13.1 Å². The molecule has 0 aliphatic carbocycles. The van der Waals surface area contributed by atoms with Crippen molar-refractivity contribution in [1.82, 2.24) is 0 Å². The summed E-state index contributed by atoms with van der Waals surface area (Å²) in [5.74, 6) is 0. The minimum absolute atomic E-state index is 0. The van der Waals surface area contributed by atoms with Crippen molar-refractivity contribution in [1.29, 1.82) is 0 Å². The van der Waals surface area contributed by atoms with E-state index >= 15 is 0 Å². The van der Waals surface area contributed by atoms with E-state index in [9.17, 15) is 9.59 Å². The van der Waals surface area contributed by atoms with Gasteiger partial charge in [0, 0.05) is 15.1 Å². The second kappa shape index (κ2) is 8.02. The molecule has 0 aromatic heterocycles. The fourth-order valence-electron chi connectivity index (χ4n) is 1.28. The molecule has 1 rings (SSSR count). The molecule has 0 spiro atoms. The number of isocyanates is 2. The summed E-state index contributed by atoms with van der Waals surface area (Å²) < 4.78 is 0.466. The molecule has 7 heteroatoms. The zero-order valence-electron chi connectivity index (χ0n) is 8.17. The Labute approximate surface area is 104 Å². The van der Waals surface area contributed by atoms with Crippen LogP contribution in [0.1, 0.15) is 6.92 Å². The van der Waals surface area contributed by atoms with E-state index in [0.29, 0.717) is 17.7 Å². The predicted octanol–water partition coefficient (Wildman–Crippen LogP) is 1.33. The molecule has 84 valence electrons. The highest BCUT2D eigenvalue weighted by Gasteiger charge is 2.32. The molecule has 15 heavy (non-hydrogen) atoms. The van der Waals surface area contributed by atoms with Gasteiger partial charge >= 0.3 is 0 Å². The normalized spacial score (nSPS) is 28.5. The summed E-state index contributed by atoms with van der Waals surface area (Å²) in [7, 11) is 0. The molecule has 0 aromatic rings. The number of carbonyl (C=O) groups excluding carboxylic acids is 2. The van der Waals surface area contributed by atoms with Crippen LogP contribution in [0.4, 0.5) is 0 Å². The van der Waals surface area contributed by atoms with E-state index in [0.717, 1.165) is 0 Å². The van der Waals surface area contributed by atoms with Gasteiger partial charge in [-0.05, 0) is 6.92 Å². The van der Waals surface area contributed by atoms with Crippen molar-refractivity contribution in [2.24, 2.45) is 9.98 Å². The molecule has 0 bridgehead atoms. The molecule has 0 amide bonds. The molecule has 0 radical (unpaired) electrons. The number of hydrogen-bond acceptors (Lipinski definition) is 6. The first-order chi connectivity index (χ1) is 6.77. The number of aliphatic imine (C=N–C) groups is 2. The van der Waals surface area contributed by atoms with Crippen molar-refractivity contribution < 1.29 is 9.59 Å². The number of hydrogen-bond donors (Lipinski definition) is 0. The van der Waals surface area contributed by atoms with Crippen molar-refractivity contribution >= 4 is 49.2 Å². The minimum Gasteiger partial charge on any atom is -0.211 e. The smallest absolute Gasteiger partial charge is 0.211 e. The average molecular weight is 264 g/mol. The van der Waals surface area contributed by atoms with E-state index in [1.165, 1.54) is 12.2 Å². The van der Waals surface area contributed by atoms with Crippen LogP contribution in [-0.2, 0) is 9.59 Å². The van der Waals surface area contributed by atoms with E-state index in [2.05, 4.69) is 16.9 Å². The van der Waals surface area contributed by atoms with Crippen LogP contribution in [0.25, 0.3) is 0 Å². The molecule has 0 N–H and O–H groups in total. The van der Waals surface area contributed by atoms with Crippen molar-refractivity contribution in [3.63, 3.8) is 0 Å². The second-order valence-corrected chi connectivity index (χ2v) is 6.25. The van der Waals surface area contributed by atoms with E-state index in [-0.39, 0.29) is 24.0 Å². The Morgan fingerprint density at radius 2 is 1.47 bits per heavy atom. The minimum atomic E-state index is 0. The van der Waals surface area contributed by atoms with Gasteiger partial charge in [-0.1, -0.05) is 0 Å². The molecular weight excluding hydrogens is 252 g/mol. The lowest BCUT2D eigenvalue weighted by atomic mass is 10.3. The fraction of sp³-hybridized carbons (Fsp3) is 0.750. The highest BCUT2D eigenvalue weighted by Crippen LogP contribution is 2.43. The summed E-state index contributed by atoms with van der Waals surface area (Å²) in [6, 6.07) is 0. The van der Waals surface area contributed by atoms with E-state index < -0.39 is 0 Å². The van der Waals surface area contributed by atoms with Crippen LogP contribution in [0.15, 0.2) is 9.98 Å². The van der Waals surface area contributed by atoms with Gasteiger partial charge in [-0.25, -0.2) is 19.6 Å². The van der Waals surface area contributed by atoms with Gasteiger partial charge in [0.25, 0.3) is 0 Å². The fourth-order valence-corrected chi connectivity index (χ4v) is 4.60. The average Bonchev–Trinajstić information content (AvgIpc) is 2.52. The van der Waals surface area contributed by atoms with Crippen molar-refractivity contribution in [2.45, 2.75) is 22.0 Å². The van der Waals surface area contributed by atoms with Crippen LogP contribution in [0.3, 0.4) is 0 Å². The van der Waals surface area contributed by atoms with Crippen LogP contribution in [0, 0.1) is 0 Å². The van der Waals surface area contributed by atoms with E-state index in [1.54, 1.807) is 23.5 Å². The molecule has 2 atom stereocenters. The molecule has 1 aliphatic rings. The Morgan fingerprint density at radius 3 is 1.80 bits per heavy atom. The maximum atomic E-state index is 9.97. The summed E-state index contributed by atoms with van der Waals surface area (Å²) in [6.07, 6.45) is 3.06. The highest BCUT2D eigenvalue weighted by atomic mass is 32.2. The van der Waals surface area contributed by atoms with Gasteiger partial charge < -0.3 is 0 Å². The Balaban J connectivity index is 0.00000196. The summed E-state index contributed by atoms with van der Waals surface area (Å²) in [5.41, 5.74) is 0. The molecule has 1 saturated heterocycles. The Kier molecular flexibility index (Phi) is 7.92. The number of rotatable bonds is 4. The first-order valence-corrected chi connectivity index (χ1v) is 6.04. The molecule has 1 aliphatic heterocycles. The molecule has 4 nitrogen and oxygen atoms in total. The maximum absolute atomic E-state index is 9.97. The second-order valence-electron chi connectivity index (χ2n) is 2.78. The monoisotopic (exact) mass is 264 g/mol. The van der Waals surface area contributed by atoms with Gasteiger partial charge in [0.1, 0.15) is 0 Å². The predicted molar refractivity (Wildman–Crippen MR) is 68.6 cm³/mol. The SMILES string of the molecule is CC1SC(CN=C=O)C(CN=C=O)S1.S. The summed E-state index contributed by atoms with van der Waals surface area (Å²) in [6.45, 7) is 3.02. The quantitative estimate of drug-likeness (QED) is 0.568. The number of thioether (sulfide) groups is 2. The zero-order chi connectivity index (χ0) is 10.4. The third-order valence-corrected chi connectivity index (χ3v) is 5.08. The summed E-state index contributed by atoms with van der Waals surface area (Å²) in [4.78, 5) is 27.1. The third-order valence-electron chi connectivity index (χ3n) is 1.82. The maximum Gasteiger partial charge on any atom is 0.234 e. The van der Waals surface area contributed by atoms with Gasteiger partial charge in [0.2, 0.25) is 12.2 Å². The van der Waals surface area contributed by atoms with Gasteiger partial charge in [-0.2, -0.15) is 13.5 Å². The Morgan fingerprint density at radius 1 is 1.07 bits per heavy atom. The Bertz CT molecular complexity index is 260. The number of nitrogens with zero attached hydrogens (tertiary/aromatic N) is 2. The lowest BCUT2D eigenvalue weighted by Gasteiger charge is -2.11. The van der Waals surface area contributed by atoms with Crippen LogP contribution in [0.5, 0.6) is 0 Å². The van der Waals surface area contributed by atoms with Crippen molar-refractivity contribution in [2.75, 3.05) is 13.1 Å². The summed E-state index contributed by atoms with van der Waals surface area (Å²) in [5, 5.41) is 0.516. The van der Waals surface area contributed by atoms with Gasteiger partial charge in [-0.15, -0.1) is 23.5 Å². The molecule has 0 aromatic carbocycles. The zero-order valence-corrected chi connectivity index (χ0v) is 10.8. The molecule has 1 heterocycles. The lowest BCUT2D eigenvalue weighted by Crippen LogP contribution is -2.21. The highest BCUT2D eigenvalue weighted by molar-refractivity contribution is 8.20. The van der Waals surface area contributed by atoms with E-state index in [4.69, 9.17) is 0 Å². The van der Waals surface area contributed by atoms with Crippen LogP contribution in [0.2, 0.25) is 0 Å². The third kappa shape index (κ3) is 4.91. The molecule has 0 saturated carbocycles. The largest absolute Gasteiger partial charge is 0.234 e. The van der Waals surface area contributed by atoms with Crippen LogP contribution < -0.4 is 0 Å². The van der Waals surface area contributed by atoms with Gasteiger partial charge in [0.15, 0.2) is 0 Å². The first-order valence-electron chi connectivity index (χ1n) is 4.16. The van der Waals surface area contributed by atoms with Crippen LogP contribution >= 0.6 is 37.0 Å². The van der Waals surface area contributed by atoms with Gasteiger partial charge in [-0.3, -0.25) is 0 Å². The summed E-state index contributed by atoms with van der Waals surface area (Å²) >= 11 is 3.53. The van der Waals surface area contributed by atoms with Crippen molar-refractivity contribution in [3.05, 3.63) is 0 Å². The first kappa shape index (κ1) is 14.8. The molecule has 1 fully saturated rings. The lowest BCUT2D eigenvalue weighted by molar-refractivity contribution is 0.560. The molecule has 2 unspecified atom stereocenters. The van der Waals surface area contributed by atoms with Crippen molar-refractivity contribution in [3.8, 4) is 0 Å². The topological polar surface area (TPSA) is 58.9 Å². The standard InChI is InChI=1S/C8H10N2O2S2.H2S/c1-6-13-7(2-9-4-11)8(14-6)3-10-5-12;/h6-8H,2-3H2,1H3;1H2. The Hall–Kier alpha value is -0.190. The molecular formula is C8H12N2O2S3. The van der Waals surface area contributed by atoms with E-state index in [1.807, 2.05) is 0 Å². The van der Waals surface area contributed by atoms with Crippen LogP contribution in [-0.4, -0.2) is 40.3 Å².